The van der Waals surface area contributed by atoms with Crippen LogP contribution in [0.4, 0.5) is 8.78 Å². The fourth-order valence-corrected chi connectivity index (χ4v) is 2.13. The smallest absolute Gasteiger partial charge is 0.164 e. The fraction of sp³-hybridized carbons (Fsp3) is 0.500. The van der Waals surface area contributed by atoms with Crippen LogP contribution in [0.3, 0.4) is 0 Å². The second kappa shape index (κ2) is 4.89. The van der Waals surface area contributed by atoms with E-state index in [2.05, 4.69) is 5.32 Å². The first kappa shape index (κ1) is 11.5. The van der Waals surface area contributed by atoms with Crippen molar-refractivity contribution in [3.05, 3.63) is 35.4 Å². The van der Waals surface area contributed by atoms with E-state index in [0.29, 0.717) is 6.42 Å². The highest BCUT2D eigenvalue weighted by molar-refractivity contribution is 5.21. The number of aliphatic hydroxyl groups excluding tert-OH is 1. The number of nitrogens with one attached hydrogen (secondary N) is 1. The maximum Gasteiger partial charge on any atom is 0.164 e. The largest absolute Gasteiger partial charge is 0.388 e. The van der Waals surface area contributed by atoms with Crippen molar-refractivity contribution in [1.29, 1.82) is 0 Å². The van der Waals surface area contributed by atoms with Crippen molar-refractivity contribution in [2.24, 2.45) is 0 Å². The van der Waals surface area contributed by atoms with Crippen LogP contribution in [0, 0.1) is 11.6 Å². The van der Waals surface area contributed by atoms with Gasteiger partial charge in [0.1, 0.15) is 0 Å². The molecule has 1 aromatic rings. The van der Waals surface area contributed by atoms with Crippen molar-refractivity contribution < 1.29 is 13.9 Å². The summed E-state index contributed by atoms with van der Waals surface area (Å²) in [6.07, 6.45) is 1.54. The van der Waals surface area contributed by atoms with Crippen LogP contribution in [0.1, 0.15) is 30.9 Å². The van der Waals surface area contributed by atoms with E-state index in [1.807, 2.05) is 0 Å². The van der Waals surface area contributed by atoms with Gasteiger partial charge in [0.15, 0.2) is 11.6 Å². The zero-order valence-electron chi connectivity index (χ0n) is 8.92. The van der Waals surface area contributed by atoms with Crippen LogP contribution in [-0.4, -0.2) is 17.7 Å². The molecule has 2 atom stereocenters. The molecular weight excluding hydrogens is 212 g/mol. The molecule has 2 N–H and O–H groups in total. The Bertz CT molecular complexity index is 364. The minimum atomic E-state index is -0.939. The monoisotopic (exact) mass is 227 g/mol. The van der Waals surface area contributed by atoms with Gasteiger partial charge in [0, 0.05) is 11.6 Å². The zero-order chi connectivity index (χ0) is 11.5. The van der Waals surface area contributed by atoms with E-state index < -0.39 is 17.7 Å². The summed E-state index contributed by atoms with van der Waals surface area (Å²) >= 11 is 0. The van der Waals surface area contributed by atoms with Gasteiger partial charge in [-0.25, -0.2) is 8.78 Å². The standard InChI is InChI=1S/C12H15F2NO/c13-10-5-1-4-9(12(10)14)11(16)7-8-3-2-6-15-8/h1,4-5,8,11,15-16H,2-3,6-7H2. The Labute approximate surface area is 93.3 Å². The summed E-state index contributed by atoms with van der Waals surface area (Å²) < 4.78 is 26.3. The van der Waals surface area contributed by atoms with E-state index in [1.54, 1.807) is 0 Å². The molecule has 1 heterocycles. The lowest BCUT2D eigenvalue weighted by molar-refractivity contribution is 0.149. The van der Waals surface area contributed by atoms with Crippen LogP contribution >= 0.6 is 0 Å². The molecule has 16 heavy (non-hydrogen) atoms. The molecule has 1 fully saturated rings. The molecule has 1 saturated heterocycles. The third-order valence-corrected chi connectivity index (χ3v) is 3.01. The fourth-order valence-electron chi connectivity index (χ4n) is 2.13. The maximum absolute atomic E-state index is 13.4. The van der Waals surface area contributed by atoms with Crippen LogP contribution in [-0.2, 0) is 0 Å². The SMILES string of the molecule is OC(CC1CCCN1)c1cccc(F)c1F. The summed E-state index contributed by atoms with van der Waals surface area (Å²) in [5.41, 5.74) is 0.0497. The van der Waals surface area contributed by atoms with Crippen molar-refractivity contribution in [3.63, 3.8) is 0 Å². The molecule has 0 saturated carbocycles. The first-order chi connectivity index (χ1) is 7.68. The maximum atomic E-state index is 13.4. The Balaban J connectivity index is 2.07. The summed E-state index contributed by atoms with van der Waals surface area (Å²) in [6.45, 7) is 0.934. The van der Waals surface area contributed by atoms with Gasteiger partial charge < -0.3 is 10.4 Å². The molecular formula is C12H15F2NO. The lowest BCUT2D eigenvalue weighted by Gasteiger charge is -2.16. The Hall–Kier alpha value is -1.00. The number of hydrogen-bond acceptors (Lipinski definition) is 2. The van der Waals surface area contributed by atoms with E-state index in [1.165, 1.54) is 12.1 Å². The number of aliphatic hydroxyl groups is 1. The van der Waals surface area contributed by atoms with Crippen LogP contribution in [0.2, 0.25) is 0 Å². The van der Waals surface area contributed by atoms with E-state index in [-0.39, 0.29) is 11.6 Å². The predicted octanol–water partition coefficient (Wildman–Crippen LogP) is 2.14. The topological polar surface area (TPSA) is 32.3 Å². The molecule has 1 aromatic carbocycles. The molecule has 4 heteroatoms. The predicted molar refractivity (Wildman–Crippen MR) is 57.0 cm³/mol. The molecule has 88 valence electrons. The summed E-state index contributed by atoms with van der Waals surface area (Å²) in [7, 11) is 0. The average molecular weight is 227 g/mol. The molecule has 2 nitrogen and oxygen atoms in total. The number of halogens is 2. The number of benzene rings is 1. The second-order valence-electron chi connectivity index (χ2n) is 4.19. The molecule has 0 aliphatic carbocycles. The summed E-state index contributed by atoms with van der Waals surface area (Å²) in [4.78, 5) is 0. The summed E-state index contributed by atoms with van der Waals surface area (Å²) in [6, 6.07) is 4.11. The van der Waals surface area contributed by atoms with Gasteiger partial charge in [0.2, 0.25) is 0 Å². The minimum Gasteiger partial charge on any atom is -0.388 e. The zero-order valence-corrected chi connectivity index (χ0v) is 8.92. The van der Waals surface area contributed by atoms with Crippen molar-refractivity contribution in [1.82, 2.24) is 5.32 Å². The van der Waals surface area contributed by atoms with E-state index in [0.717, 1.165) is 25.5 Å². The summed E-state index contributed by atoms with van der Waals surface area (Å²) in [5.74, 6) is -1.84. The van der Waals surface area contributed by atoms with Gasteiger partial charge >= 0.3 is 0 Å². The highest BCUT2D eigenvalue weighted by Crippen LogP contribution is 2.25. The Kier molecular flexibility index (Phi) is 3.51. The van der Waals surface area contributed by atoms with Crippen LogP contribution in [0.15, 0.2) is 18.2 Å². The Morgan fingerprint density at radius 1 is 1.44 bits per heavy atom. The summed E-state index contributed by atoms with van der Waals surface area (Å²) in [5, 5.41) is 13.1. The third kappa shape index (κ3) is 2.39. The van der Waals surface area contributed by atoms with E-state index >= 15 is 0 Å². The van der Waals surface area contributed by atoms with Gasteiger partial charge in [-0.2, -0.15) is 0 Å². The van der Waals surface area contributed by atoms with Crippen molar-refractivity contribution in [3.8, 4) is 0 Å². The molecule has 0 bridgehead atoms. The Morgan fingerprint density at radius 2 is 2.25 bits per heavy atom. The number of rotatable bonds is 3. The average Bonchev–Trinajstić information content (AvgIpc) is 2.74. The first-order valence-electron chi connectivity index (χ1n) is 5.54. The molecule has 2 rings (SSSR count). The van der Waals surface area contributed by atoms with Crippen molar-refractivity contribution in [2.75, 3.05) is 6.54 Å². The quantitative estimate of drug-likeness (QED) is 0.829. The van der Waals surface area contributed by atoms with E-state index in [9.17, 15) is 13.9 Å². The highest BCUT2D eigenvalue weighted by Gasteiger charge is 2.22. The first-order valence-corrected chi connectivity index (χ1v) is 5.54. The van der Waals surface area contributed by atoms with Gasteiger partial charge in [-0.1, -0.05) is 12.1 Å². The number of hydrogen-bond donors (Lipinski definition) is 2. The normalized spacial score (nSPS) is 22.3. The molecule has 1 aliphatic rings. The van der Waals surface area contributed by atoms with Crippen LogP contribution in [0.5, 0.6) is 0 Å². The lowest BCUT2D eigenvalue weighted by atomic mass is 10.0. The lowest BCUT2D eigenvalue weighted by Crippen LogP contribution is -2.24. The highest BCUT2D eigenvalue weighted by atomic mass is 19.2. The van der Waals surface area contributed by atoms with Crippen LogP contribution in [0.25, 0.3) is 0 Å². The van der Waals surface area contributed by atoms with Crippen molar-refractivity contribution >= 4 is 0 Å². The molecule has 0 amide bonds. The molecule has 0 aromatic heterocycles. The molecule has 1 aliphatic heterocycles. The third-order valence-electron chi connectivity index (χ3n) is 3.01. The van der Waals surface area contributed by atoms with Gasteiger partial charge in [0.05, 0.1) is 6.10 Å². The Morgan fingerprint density at radius 3 is 2.94 bits per heavy atom. The molecule has 0 radical (unpaired) electrons. The molecule has 2 unspecified atom stereocenters. The van der Waals surface area contributed by atoms with Crippen LogP contribution < -0.4 is 5.32 Å². The van der Waals surface area contributed by atoms with Gasteiger partial charge in [-0.05, 0) is 31.9 Å². The second-order valence-corrected chi connectivity index (χ2v) is 4.19. The minimum absolute atomic E-state index is 0.0497. The molecule has 0 spiro atoms. The van der Waals surface area contributed by atoms with Crippen molar-refractivity contribution in [2.45, 2.75) is 31.4 Å². The van der Waals surface area contributed by atoms with Gasteiger partial charge in [-0.15, -0.1) is 0 Å². The van der Waals surface area contributed by atoms with Gasteiger partial charge in [0.25, 0.3) is 0 Å². The van der Waals surface area contributed by atoms with E-state index in [4.69, 9.17) is 0 Å². The van der Waals surface area contributed by atoms with Gasteiger partial charge in [-0.3, -0.25) is 0 Å².